The second-order valence-corrected chi connectivity index (χ2v) is 4.75. The van der Waals surface area contributed by atoms with E-state index in [0.717, 1.165) is 29.3 Å². The van der Waals surface area contributed by atoms with Crippen LogP contribution in [0.25, 0.3) is 0 Å². The normalized spacial score (nSPS) is 10.6. The molecule has 3 N–H and O–H groups in total. The van der Waals surface area contributed by atoms with Gasteiger partial charge in [0.1, 0.15) is 0 Å². The molecule has 1 heterocycles. The third-order valence-electron chi connectivity index (χ3n) is 2.52. The summed E-state index contributed by atoms with van der Waals surface area (Å²) in [6.45, 7) is 4.34. The molecule has 0 amide bonds. The summed E-state index contributed by atoms with van der Waals surface area (Å²) in [6.07, 6.45) is 0.954. The Morgan fingerprint density at radius 3 is 2.33 bits per heavy atom. The summed E-state index contributed by atoms with van der Waals surface area (Å²) in [5.74, 6) is 1.34. The zero-order valence-corrected chi connectivity index (χ0v) is 10.7. The molecule has 18 heavy (non-hydrogen) atoms. The summed E-state index contributed by atoms with van der Waals surface area (Å²) < 4.78 is 0. The highest BCUT2D eigenvalue weighted by molar-refractivity contribution is 5.58. The van der Waals surface area contributed by atoms with E-state index in [-0.39, 0.29) is 0 Å². The smallest absolute Gasteiger partial charge is 0.153 e. The third kappa shape index (κ3) is 3.45. The lowest BCUT2D eigenvalue weighted by atomic mass is 10.1. The van der Waals surface area contributed by atoms with Crippen molar-refractivity contribution in [2.45, 2.75) is 20.3 Å². The predicted octanol–water partition coefficient (Wildman–Crippen LogP) is 3.00. The van der Waals surface area contributed by atoms with Gasteiger partial charge in [-0.2, -0.15) is 5.10 Å². The molecule has 0 radical (unpaired) electrons. The van der Waals surface area contributed by atoms with E-state index in [1.807, 2.05) is 36.4 Å². The number of nitrogens with two attached hydrogens (primary N) is 1. The van der Waals surface area contributed by atoms with Crippen LogP contribution in [0.5, 0.6) is 0 Å². The zero-order chi connectivity index (χ0) is 13.0. The maximum Gasteiger partial charge on any atom is 0.153 e. The van der Waals surface area contributed by atoms with Gasteiger partial charge in [0.25, 0.3) is 0 Å². The van der Waals surface area contributed by atoms with Crippen LogP contribution in [0.3, 0.4) is 0 Å². The fraction of sp³-hybridized carbons (Fsp3) is 0.286. The van der Waals surface area contributed by atoms with Crippen LogP contribution in [0.2, 0.25) is 0 Å². The van der Waals surface area contributed by atoms with Crippen LogP contribution in [0.4, 0.5) is 17.2 Å². The van der Waals surface area contributed by atoms with Gasteiger partial charge in [-0.05, 0) is 48.7 Å². The number of hydrogen-bond acceptors (Lipinski definition) is 4. The van der Waals surface area contributed by atoms with Gasteiger partial charge >= 0.3 is 0 Å². The van der Waals surface area contributed by atoms with Crippen LogP contribution in [0.15, 0.2) is 36.4 Å². The van der Waals surface area contributed by atoms with Crippen molar-refractivity contribution in [2.75, 3.05) is 11.1 Å². The molecular formula is C14H18N4. The molecule has 0 fully saturated rings. The van der Waals surface area contributed by atoms with Gasteiger partial charge < -0.3 is 11.1 Å². The third-order valence-corrected chi connectivity index (χ3v) is 2.52. The largest absolute Gasteiger partial charge is 0.399 e. The Bertz CT molecular complexity index is 488. The fourth-order valence-electron chi connectivity index (χ4n) is 1.67. The lowest BCUT2D eigenvalue weighted by Crippen LogP contribution is -2.01. The fourth-order valence-corrected chi connectivity index (χ4v) is 1.67. The highest BCUT2D eigenvalue weighted by atomic mass is 15.2. The van der Waals surface area contributed by atoms with Gasteiger partial charge in [-0.25, -0.2) is 0 Å². The van der Waals surface area contributed by atoms with Gasteiger partial charge in [0.2, 0.25) is 0 Å². The molecule has 2 rings (SSSR count). The minimum Gasteiger partial charge on any atom is -0.399 e. The Morgan fingerprint density at radius 1 is 1.06 bits per heavy atom. The van der Waals surface area contributed by atoms with E-state index in [0.29, 0.717) is 5.92 Å². The molecule has 0 aliphatic carbocycles. The van der Waals surface area contributed by atoms with Gasteiger partial charge in [-0.15, -0.1) is 5.10 Å². The minimum absolute atomic E-state index is 0.593. The highest BCUT2D eigenvalue weighted by Crippen LogP contribution is 2.16. The molecule has 1 aromatic carbocycles. The number of aromatic nitrogens is 2. The minimum atomic E-state index is 0.593. The first-order valence-electron chi connectivity index (χ1n) is 6.08. The molecule has 0 spiro atoms. The van der Waals surface area contributed by atoms with Crippen molar-refractivity contribution in [2.24, 2.45) is 5.92 Å². The van der Waals surface area contributed by atoms with Crippen molar-refractivity contribution in [3.63, 3.8) is 0 Å². The van der Waals surface area contributed by atoms with E-state index in [1.54, 1.807) is 0 Å². The molecule has 0 bridgehead atoms. The van der Waals surface area contributed by atoms with Crippen LogP contribution < -0.4 is 11.1 Å². The molecule has 0 atom stereocenters. The number of benzene rings is 1. The molecule has 4 nitrogen and oxygen atoms in total. The molecule has 0 aliphatic rings. The Morgan fingerprint density at radius 2 is 1.78 bits per heavy atom. The van der Waals surface area contributed by atoms with E-state index >= 15 is 0 Å². The van der Waals surface area contributed by atoms with Crippen molar-refractivity contribution in [3.05, 3.63) is 42.1 Å². The van der Waals surface area contributed by atoms with E-state index < -0.39 is 0 Å². The average molecular weight is 242 g/mol. The Hall–Kier alpha value is -2.10. The monoisotopic (exact) mass is 242 g/mol. The molecule has 0 saturated heterocycles. The van der Waals surface area contributed by atoms with Crippen LogP contribution >= 0.6 is 0 Å². The lowest BCUT2D eigenvalue weighted by Gasteiger charge is -2.07. The molecule has 1 aromatic heterocycles. The van der Waals surface area contributed by atoms with Gasteiger partial charge in [0, 0.05) is 11.4 Å². The molecule has 0 unspecified atom stereocenters. The Kier molecular flexibility index (Phi) is 3.77. The van der Waals surface area contributed by atoms with Gasteiger partial charge in [0.15, 0.2) is 5.82 Å². The van der Waals surface area contributed by atoms with Crippen molar-refractivity contribution >= 4 is 17.2 Å². The standard InChI is InChI=1S/C14H18N4/c1-10(2)9-13-7-8-14(18-17-13)16-12-5-3-11(15)4-6-12/h3-8,10H,9,15H2,1-2H3,(H,16,18). The summed E-state index contributed by atoms with van der Waals surface area (Å²) in [5, 5.41) is 11.5. The number of rotatable bonds is 4. The number of hydrogen-bond donors (Lipinski definition) is 2. The summed E-state index contributed by atoms with van der Waals surface area (Å²) in [4.78, 5) is 0. The SMILES string of the molecule is CC(C)Cc1ccc(Nc2ccc(N)cc2)nn1. The number of nitrogen functional groups attached to an aromatic ring is 1. The van der Waals surface area contributed by atoms with Gasteiger partial charge in [-0.1, -0.05) is 13.8 Å². The van der Waals surface area contributed by atoms with E-state index in [2.05, 4.69) is 29.4 Å². The van der Waals surface area contributed by atoms with Crippen molar-refractivity contribution in [3.8, 4) is 0 Å². The van der Waals surface area contributed by atoms with E-state index in [4.69, 9.17) is 5.73 Å². The molecule has 0 saturated carbocycles. The van der Waals surface area contributed by atoms with Gasteiger partial charge in [0.05, 0.1) is 5.69 Å². The van der Waals surface area contributed by atoms with Crippen LogP contribution in [-0.2, 0) is 6.42 Å². The Labute approximate surface area is 107 Å². The number of anilines is 3. The Balaban J connectivity index is 2.04. The van der Waals surface area contributed by atoms with Crippen molar-refractivity contribution in [1.29, 1.82) is 0 Å². The first kappa shape index (κ1) is 12.4. The topological polar surface area (TPSA) is 63.8 Å². The molecule has 94 valence electrons. The molecule has 2 aromatic rings. The maximum absolute atomic E-state index is 5.63. The van der Waals surface area contributed by atoms with Crippen LogP contribution in [0.1, 0.15) is 19.5 Å². The quantitative estimate of drug-likeness (QED) is 0.809. The summed E-state index contributed by atoms with van der Waals surface area (Å²) in [6, 6.07) is 11.5. The van der Waals surface area contributed by atoms with Crippen LogP contribution in [0, 0.1) is 5.92 Å². The maximum atomic E-state index is 5.63. The summed E-state index contributed by atoms with van der Waals surface area (Å²) in [5.41, 5.74) is 8.35. The van der Waals surface area contributed by atoms with Crippen LogP contribution in [-0.4, -0.2) is 10.2 Å². The molecule has 4 heteroatoms. The van der Waals surface area contributed by atoms with Gasteiger partial charge in [-0.3, -0.25) is 0 Å². The zero-order valence-electron chi connectivity index (χ0n) is 10.7. The molecule has 0 aliphatic heterocycles. The predicted molar refractivity (Wildman–Crippen MR) is 74.7 cm³/mol. The second-order valence-electron chi connectivity index (χ2n) is 4.75. The lowest BCUT2D eigenvalue weighted by molar-refractivity contribution is 0.628. The van der Waals surface area contributed by atoms with E-state index in [9.17, 15) is 0 Å². The number of nitrogens with zero attached hydrogens (tertiary/aromatic N) is 2. The second kappa shape index (κ2) is 5.49. The number of nitrogens with one attached hydrogen (secondary N) is 1. The van der Waals surface area contributed by atoms with E-state index in [1.165, 1.54) is 0 Å². The molecular weight excluding hydrogens is 224 g/mol. The summed E-state index contributed by atoms with van der Waals surface area (Å²) in [7, 11) is 0. The average Bonchev–Trinajstić information content (AvgIpc) is 2.34. The van der Waals surface area contributed by atoms with Crippen molar-refractivity contribution < 1.29 is 0 Å². The summed E-state index contributed by atoms with van der Waals surface area (Å²) >= 11 is 0. The highest BCUT2D eigenvalue weighted by Gasteiger charge is 2.01. The van der Waals surface area contributed by atoms with Crippen molar-refractivity contribution in [1.82, 2.24) is 10.2 Å². The first-order chi connectivity index (χ1) is 8.63. The first-order valence-corrected chi connectivity index (χ1v) is 6.08.